The van der Waals surface area contributed by atoms with Gasteiger partial charge in [0.15, 0.2) is 6.29 Å². The molecule has 7 rings (SSSR count). The molecule has 1 saturated carbocycles. The first-order valence-electron chi connectivity index (χ1n) is 17.3. The SMILES string of the molecule is CC1(C)CC2CC(C)(CN2CC2CC(c3ccc(CO)cc3)OC(c3ccc(-c4ccccc4CNC(=O)c4cccnc4)cc3)O2)C1. The minimum Gasteiger partial charge on any atom is -0.392 e. The standard InChI is InChI=1S/C41H47N3O4/c1-40(2)20-34-21-41(3,26-40)27-44(34)24-35-19-37(30-12-10-28(25-45)11-13-30)48-39(47-35)31-16-14-29(15-17-31)36-9-5-4-7-32(36)23-43-38(46)33-8-6-18-42-22-33/h4-18,22,34-35,37,39,45H,19-21,23-27H2,1-3H3,(H,43,46). The van der Waals surface area contributed by atoms with E-state index in [4.69, 9.17) is 9.47 Å². The lowest BCUT2D eigenvalue weighted by molar-refractivity contribution is -0.253. The van der Waals surface area contributed by atoms with Gasteiger partial charge in [-0.1, -0.05) is 93.6 Å². The molecule has 3 heterocycles. The number of carbonyl (C=O) groups is 1. The van der Waals surface area contributed by atoms with Crippen LogP contribution in [0.25, 0.3) is 11.1 Å². The summed E-state index contributed by atoms with van der Waals surface area (Å²) in [5.74, 6) is -0.148. The number of benzene rings is 3. The zero-order chi connectivity index (χ0) is 33.3. The Morgan fingerprint density at radius 2 is 1.71 bits per heavy atom. The van der Waals surface area contributed by atoms with Gasteiger partial charge in [0, 0.05) is 50.1 Å². The normalized spacial score (nSPS) is 26.7. The van der Waals surface area contributed by atoms with E-state index in [9.17, 15) is 9.90 Å². The van der Waals surface area contributed by atoms with Gasteiger partial charge in [0.2, 0.25) is 0 Å². The summed E-state index contributed by atoms with van der Waals surface area (Å²) in [6.45, 7) is 9.78. The Balaban J connectivity index is 1.09. The number of nitrogens with zero attached hydrogens (tertiary/aromatic N) is 2. The van der Waals surface area contributed by atoms with E-state index in [1.54, 1.807) is 24.5 Å². The van der Waals surface area contributed by atoms with Crippen molar-refractivity contribution in [2.45, 2.75) is 84.1 Å². The molecular weight excluding hydrogens is 598 g/mol. The van der Waals surface area contributed by atoms with Gasteiger partial charge in [0.05, 0.1) is 24.4 Å². The van der Waals surface area contributed by atoms with Crippen molar-refractivity contribution in [3.63, 3.8) is 0 Å². The summed E-state index contributed by atoms with van der Waals surface area (Å²) < 4.78 is 13.5. The predicted molar refractivity (Wildman–Crippen MR) is 187 cm³/mol. The number of amides is 1. The molecule has 2 saturated heterocycles. The first-order valence-corrected chi connectivity index (χ1v) is 17.3. The van der Waals surface area contributed by atoms with Crippen molar-refractivity contribution in [3.8, 4) is 11.1 Å². The van der Waals surface area contributed by atoms with Gasteiger partial charge in [0.1, 0.15) is 0 Å². The summed E-state index contributed by atoms with van der Waals surface area (Å²) in [6, 6.07) is 28.8. The molecule has 1 aliphatic carbocycles. The minimum atomic E-state index is -0.497. The smallest absolute Gasteiger partial charge is 0.253 e. The van der Waals surface area contributed by atoms with Crippen LogP contribution in [0.5, 0.6) is 0 Å². The van der Waals surface area contributed by atoms with Crippen molar-refractivity contribution < 1.29 is 19.4 Å². The summed E-state index contributed by atoms with van der Waals surface area (Å²) in [7, 11) is 0. The molecule has 1 aromatic heterocycles. The molecule has 3 aliphatic rings. The Hall–Kier alpha value is -3.88. The molecule has 2 aliphatic heterocycles. The molecule has 250 valence electrons. The molecule has 5 atom stereocenters. The molecule has 7 heteroatoms. The molecule has 0 spiro atoms. The van der Waals surface area contributed by atoms with Gasteiger partial charge in [-0.3, -0.25) is 14.7 Å². The van der Waals surface area contributed by atoms with E-state index in [-0.39, 0.29) is 24.7 Å². The van der Waals surface area contributed by atoms with Crippen molar-refractivity contribution in [2.75, 3.05) is 13.1 Å². The minimum absolute atomic E-state index is 0.0258. The average Bonchev–Trinajstić information content (AvgIpc) is 3.34. The van der Waals surface area contributed by atoms with Gasteiger partial charge in [0.25, 0.3) is 5.91 Å². The number of likely N-dealkylation sites (tertiary alicyclic amines) is 1. The highest BCUT2D eigenvalue weighted by Gasteiger charge is 2.50. The van der Waals surface area contributed by atoms with Crippen LogP contribution in [-0.2, 0) is 22.6 Å². The van der Waals surface area contributed by atoms with Crippen LogP contribution in [0.4, 0.5) is 0 Å². The highest BCUT2D eigenvalue weighted by atomic mass is 16.7. The molecule has 3 fully saturated rings. The fourth-order valence-corrected chi connectivity index (χ4v) is 8.64. The number of aromatic nitrogens is 1. The second-order valence-corrected chi connectivity index (χ2v) is 15.2. The zero-order valence-electron chi connectivity index (χ0n) is 28.3. The Morgan fingerprint density at radius 3 is 2.46 bits per heavy atom. The van der Waals surface area contributed by atoms with Crippen LogP contribution in [0, 0.1) is 10.8 Å². The Labute approximate surface area is 284 Å². The molecular formula is C41H47N3O4. The maximum atomic E-state index is 12.7. The zero-order valence-corrected chi connectivity index (χ0v) is 28.3. The number of hydrogen-bond donors (Lipinski definition) is 2. The van der Waals surface area contributed by atoms with Crippen molar-refractivity contribution in [2.24, 2.45) is 10.8 Å². The van der Waals surface area contributed by atoms with Crippen LogP contribution >= 0.6 is 0 Å². The van der Waals surface area contributed by atoms with Gasteiger partial charge < -0.3 is 19.9 Å². The van der Waals surface area contributed by atoms with E-state index in [1.807, 2.05) is 30.3 Å². The maximum Gasteiger partial charge on any atom is 0.253 e. The van der Waals surface area contributed by atoms with Crippen molar-refractivity contribution in [3.05, 3.63) is 125 Å². The highest BCUT2D eigenvalue weighted by molar-refractivity contribution is 5.93. The summed E-state index contributed by atoms with van der Waals surface area (Å²) in [4.78, 5) is 19.4. The number of rotatable bonds is 9. The van der Waals surface area contributed by atoms with Gasteiger partial charge in [-0.05, 0) is 70.0 Å². The van der Waals surface area contributed by atoms with Crippen molar-refractivity contribution >= 4 is 5.91 Å². The summed E-state index contributed by atoms with van der Waals surface area (Å²) >= 11 is 0. The van der Waals surface area contributed by atoms with E-state index >= 15 is 0 Å². The van der Waals surface area contributed by atoms with Crippen molar-refractivity contribution in [1.82, 2.24) is 15.2 Å². The fraction of sp³-hybridized carbons (Fsp3) is 0.415. The Bertz CT molecular complexity index is 1710. The number of aliphatic hydroxyl groups excluding tert-OH is 1. The molecule has 5 unspecified atom stereocenters. The largest absolute Gasteiger partial charge is 0.392 e. The van der Waals surface area contributed by atoms with Crippen LogP contribution in [0.3, 0.4) is 0 Å². The number of nitrogens with one attached hydrogen (secondary N) is 1. The third-order valence-corrected chi connectivity index (χ3v) is 10.5. The van der Waals surface area contributed by atoms with Crippen molar-refractivity contribution in [1.29, 1.82) is 0 Å². The predicted octanol–water partition coefficient (Wildman–Crippen LogP) is 7.62. The first kappa shape index (κ1) is 32.7. The lowest BCUT2D eigenvalue weighted by Gasteiger charge is -2.41. The van der Waals surface area contributed by atoms with Gasteiger partial charge in [-0.25, -0.2) is 0 Å². The number of pyridine rings is 1. The van der Waals surface area contributed by atoms with Gasteiger partial charge in [-0.2, -0.15) is 0 Å². The fourth-order valence-electron chi connectivity index (χ4n) is 8.64. The number of fused-ring (bicyclic) bond motifs is 2. The number of aliphatic hydroxyl groups is 1. The Kier molecular flexibility index (Phi) is 9.22. The topological polar surface area (TPSA) is 83.9 Å². The third-order valence-electron chi connectivity index (χ3n) is 10.5. The first-order chi connectivity index (χ1) is 23.2. The molecule has 1 amide bonds. The van der Waals surface area contributed by atoms with Crippen LogP contribution in [-0.4, -0.2) is 46.1 Å². The van der Waals surface area contributed by atoms with E-state index < -0.39 is 6.29 Å². The number of carbonyl (C=O) groups excluding carboxylic acids is 1. The summed E-state index contributed by atoms with van der Waals surface area (Å²) in [5.41, 5.74) is 7.43. The second kappa shape index (κ2) is 13.6. The maximum absolute atomic E-state index is 12.7. The average molecular weight is 646 g/mol. The lowest BCUT2D eigenvalue weighted by Crippen LogP contribution is -2.42. The van der Waals surface area contributed by atoms with Crippen LogP contribution in [0.15, 0.2) is 97.3 Å². The van der Waals surface area contributed by atoms with Gasteiger partial charge in [-0.15, -0.1) is 0 Å². The highest BCUT2D eigenvalue weighted by Crippen LogP contribution is 2.53. The third kappa shape index (κ3) is 7.25. The summed E-state index contributed by atoms with van der Waals surface area (Å²) in [5, 5.41) is 12.6. The van der Waals surface area contributed by atoms with Gasteiger partial charge >= 0.3 is 0 Å². The molecule has 7 nitrogen and oxygen atoms in total. The second-order valence-electron chi connectivity index (χ2n) is 15.2. The van der Waals surface area contributed by atoms with Crippen LogP contribution in [0.2, 0.25) is 0 Å². The van der Waals surface area contributed by atoms with E-state index in [0.29, 0.717) is 29.0 Å². The van der Waals surface area contributed by atoms with Crippen LogP contribution in [0.1, 0.15) is 91.5 Å². The molecule has 48 heavy (non-hydrogen) atoms. The van der Waals surface area contributed by atoms with E-state index in [1.165, 1.54) is 19.3 Å². The molecule has 3 aromatic carbocycles. The molecule has 4 aromatic rings. The Morgan fingerprint density at radius 1 is 0.938 bits per heavy atom. The van der Waals surface area contributed by atoms with Crippen LogP contribution < -0.4 is 5.32 Å². The molecule has 2 N–H and O–H groups in total. The summed E-state index contributed by atoms with van der Waals surface area (Å²) in [6.07, 6.45) is 7.22. The molecule has 2 bridgehead atoms. The van der Waals surface area contributed by atoms with E-state index in [2.05, 4.69) is 78.4 Å². The lowest BCUT2D eigenvalue weighted by atomic mass is 9.65. The number of ether oxygens (including phenoxy) is 2. The number of hydrogen-bond acceptors (Lipinski definition) is 6. The quantitative estimate of drug-likeness (QED) is 0.195. The molecule has 0 radical (unpaired) electrons. The monoisotopic (exact) mass is 645 g/mol. The van der Waals surface area contributed by atoms with E-state index in [0.717, 1.165) is 52.9 Å².